The summed E-state index contributed by atoms with van der Waals surface area (Å²) in [4.78, 5) is 19.1. The van der Waals surface area contributed by atoms with Crippen LogP contribution in [-0.2, 0) is 9.84 Å². The van der Waals surface area contributed by atoms with Gasteiger partial charge in [0.25, 0.3) is 0 Å². The van der Waals surface area contributed by atoms with E-state index in [1.165, 1.54) is 25.4 Å². The second kappa shape index (κ2) is 9.16. The first-order chi connectivity index (χ1) is 15.3. The number of aromatic nitrogens is 1. The maximum absolute atomic E-state index is 13.6. The number of anilines is 1. The number of hydrogen-bond donors (Lipinski definition) is 1. The lowest BCUT2D eigenvalue weighted by Crippen LogP contribution is -2.47. The van der Waals surface area contributed by atoms with Gasteiger partial charge < -0.3 is 19.9 Å². The van der Waals surface area contributed by atoms with Gasteiger partial charge in [-0.3, -0.25) is 4.98 Å². The highest BCUT2D eigenvalue weighted by Gasteiger charge is 2.26. The number of nitrogens with one attached hydrogen (secondary N) is 1. The highest BCUT2D eigenvalue weighted by molar-refractivity contribution is 7.91. The molecule has 0 aliphatic carbocycles. The van der Waals surface area contributed by atoms with E-state index < -0.39 is 18.9 Å². The number of fused-ring (bicyclic) bond motifs is 1. The summed E-state index contributed by atoms with van der Waals surface area (Å²) in [5, 5.41) is 3.34. The number of ether oxygens (including phenoxy) is 1. The summed E-state index contributed by atoms with van der Waals surface area (Å²) in [6.45, 7) is 4.89. The van der Waals surface area contributed by atoms with Crippen molar-refractivity contribution in [1.29, 1.82) is 0 Å². The van der Waals surface area contributed by atoms with E-state index >= 15 is 0 Å². The molecule has 0 bridgehead atoms. The molecule has 8 nitrogen and oxygen atoms in total. The van der Waals surface area contributed by atoms with E-state index in [9.17, 15) is 13.2 Å². The Balaban J connectivity index is 1.86. The van der Waals surface area contributed by atoms with Gasteiger partial charge in [0.05, 0.1) is 23.2 Å². The van der Waals surface area contributed by atoms with E-state index in [4.69, 9.17) is 4.74 Å². The van der Waals surface area contributed by atoms with E-state index in [-0.39, 0.29) is 9.79 Å². The number of hydrazine groups is 1. The van der Waals surface area contributed by atoms with Crippen LogP contribution in [0.25, 0.3) is 10.9 Å². The van der Waals surface area contributed by atoms with E-state index in [0.29, 0.717) is 27.5 Å². The molecule has 0 atom stereocenters. The fraction of sp³-hybridized carbons (Fsp3) is 0.318. The zero-order valence-electron chi connectivity index (χ0n) is 18.3. The van der Waals surface area contributed by atoms with Gasteiger partial charge >= 0.3 is 0 Å². The first-order valence-corrected chi connectivity index (χ1v) is 13.7. The minimum absolute atomic E-state index is 0.0852. The molecule has 1 radical (unpaired) electrons. The Morgan fingerprint density at radius 2 is 1.78 bits per heavy atom. The Labute approximate surface area is 190 Å². The van der Waals surface area contributed by atoms with Gasteiger partial charge in [-0.2, -0.15) is 0 Å². The van der Waals surface area contributed by atoms with Crippen LogP contribution in [0.5, 0.6) is 5.75 Å². The fourth-order valence-corrected chi connectivity index (χ4v) is 5.70. The van der Waals surface area contributed by atoms with Crippen molar-refractivity contribution in [3.63, 3.8) is 0 Å². The molecule has 0 unspecified atom stereocenters. The van der Waals surface area contributed by atoms with E-state index in [2.05, 4.69) is 22.4 Å². The summed E-state index contributed by atoms with van der Waals surface area (Å²) >= 11 is 0. The van der Waals surface area contributed by atoms with Gasteiger partial charge in [-0.05, 0) is 46.4 Å². The lowest BCUT2D eigenvalue weighted by Gasteiger charge is -2.34. The third kappa shape index (κ3) is 4.50. The van der Waals surface area contributed by atoms with Crippen LogP contribution in [0.2, 0.25) is 6.55 Å². The third-order valence-corrected chi connectivity index (χ3v) is 8.58. The quantitative estimate of drug-likeness (QED) is 0.530. The molecule has 1 N–H and O–H groups in total. The standard InChI is InChI=1S/C22H26N4O4SSi/c1-25-10-12-26(13-11-25)24-22-19-14-18(32(3)29)8-9-20(19)23-15-21(22)31(27,28)17-6-4-16(30-2)5-7-17/h4-9,14-15H,10-13H2,1-3H3,(H,23,24)/q-1. The number of rotatable bonds is 6. The molecular weight excluding hydrogens is 444 g/mol. The number of nitrogens with zero attached hydrogens (tertiary/aromatic N) is 3. The van der Waals surface area contributed by atoms with E-state index in [0.717, 1.165) is 26.2 Å². The minimum Gasteiger partial charge on any atom is -0.857 e. The van der Waals surface area contributed by atoms with E-state index in [1.54, 1.807) is 36.9 Å². The number of benzene rings is 2. The number of likely N-dealkylation sites (N-methyl/N-ethyl adjacent to an activating group) is 1. The van der Waals surface area contributed by atoms with Crippen LogP contribution in [0.3, 0.4) is 0 Å². The van der Waals surface area contributed by atoms with Gasteiger partial charge in [-0.25, -0.2) is 13.4 Å². The molecule has 2 aromatic carbocycles. The lowest BCUT2D eigenvalue weighted by atomic mass is 10.2. The second-order valence-electron chi connectivity index (χ2n) is 7.87. The van der Waals surface area contributed by atoms with Crippen LogP contribution in [0.15, 0.2) is 58.5 Å². The molecule has 0 spiro atoms. The molecule has 2 heterocycles. The van der Waals surface area contributed by atoms with Crippen LogP contribution >= 0.6 is 0 Å². The topological polar surface area (TPSA) is 97.8 Å². The van der Waals surface area contributed by atoms with Crippen molar-refractivity contribution in [2.75, 3.05) is 45.8 Å². The molecule has 1 aromatic heterocycles. The largest absolute Gasteiger partial charge is 0.857 e. The van der Waals surface area contributed by atoms with Crippen LogP contribution < -0.4 is 20.1 Å². The molecule has 1 aliphatic rings. The van der Waals surface area contributed by atoms with Crippen LogP contribution in [0.1, 0.15) is 0 Å². The predicted octanol–water partition coefficient (Wildman–Crippen LogP) is 0.839. The van der Waals surface area contributed by atoms with Crippen molar-refractivity contribution >= 4 is 40.7 Å². The molecule has 0 amide bonds. The molecule has 1 saturated heterocycles. The Morgan fingerprint density at radius 3 is 2.41 bits per heavy atom. The minimum atomic E-state index is -3.87. The van der Waals surface area contributed by atoms with Gasteiger partial charge in [0.15, 0.2) is 0 Å². The Hall–Kier alpha value is -2.50. The molecule has 32 heavy (non-hydrogen) atoms. The Kier molecular flexibility index (Phi) is 6.49. The predicted molar refractivity (Wildman–Crippen MR) is 124 cm³/mol. The van der Waals surface area contributed by atoms with Gasteiger partial charge in [-0.15, -0.1) is 0 Å². The second-order valence-corrected chi connectivity index (χ2v) is 11.5. The Bertz CT molecular complexity index is 1210. The van der Waals surface area contributed by atoms with Gasteiger partial charge in [0.2, 0.25) is 9.84 Å². The highest BCUT2D eigenvalue weighted by Crippen LogP contribution is 2.33. The van der Waals surface area contributed by atoms with Crippen molar-refractivity contribution in [1.82, 2.24) is 14.9 Å². The normalized spacial score (nSPS) is 15.9. The van der Waals surface area contributed by atoms with Crippen molar-refractivity contribution in [3.05, 3.63) is 48.7 Å². The SMILES string of the molecule is COc1ccc(S(=O)(=O)c2cnc3ccc([Si](C)[O-])cc3c2NN2CCN(C)CC2)cc1. The summed E-state index contributed by atoms with van der Waals surface area (Å²) in [7, 11) is -2.23. The zero-order chi connectivity index (χ0) is 22.9. The van der Waals surface area contributed by atoms with Crippen molar-refractivity contribution < 1.29 is 18.0 Å². The van der Waals surface area contributed by atoms with Gasteiger partial charge in [0.1, 0.15) is 10.6 Å². The summed E-state index contributed by atoms with van der Waals surface area (Å²) < 4.78 is 32.4. The number of pyridine rings is 1. The lowest BCUT2D eigenvalue weighted by molar-refractivity contribution is -0.187. The molecule has 10 heteroatoms. The smallest absolute Gasteiger partial charge is 0.210 e. The van der Waals surface area contributed by atoms with E-state index in [1.807, 2.05) is 5.01 Å². The maximum atomic E-state index is 13.6. The van der Waals surface area contributed by atoms with Gasteiger partial charge in [-0.1, -0.05) is 23.9 Å². The average Bonchev–Trinajstić information content (AvgIpc) is 2.80. The van der Waals surface area contributed by atoms with Crippen molar-refractivity contribution in [2.45, 2.75) is 16.3 Å². The summed E-state index contributed by atoms with van der Waals surface area (Å²) in [6.07, 6.45) is 1.40. The highest BCUT2D eigenvalue weighted by atomic mass is 32.2. The molecule has 1 aliphatic heterocycles. The molecular formula is C22H26N4O4SSi-. The number of piperazine rings is 1. The summed E-state index contributed by atoms with van der Waals surface area (Å²) in [6, 6.07) is 11.7. The number of hydrogen-bond acceptors (Lipinski definition) is 8. The maximum Gasteiger partial charge on any atom is 0.210 e. The molecule has 1 fully saturated rings. The summed E-state index contributed by atoms with van der Waals surface area (Å²) in [5.41, 5.74) is 4.45. The molecule has 4 rings (SSSR count). The summed E-state index contributed by atoms with van der Waals surface area (Å²) in [5.74, 6) is 0.578. The number of methoxy groups -OCH3 is 1. The molecule has 169 valence electrons. The van der Waals surface area contributed by atoms with Crippen molar-refractivity contribution in [2.24, 2.45) is 0 Å². The van der Waals surface area contributed by atoms with Gasteiger partial charge in [0, 0.05) is 37.8 Å². The Morgan fingerprint density at radius 1 is 1.09 bits per heavy atom. The zero-order valence-corrected chi connectivity index (χ0v) is 20.1. The number of sulfone groups is 1. The molecule has 3 aromatic rings. The first-order valence-electron chi connectivity index (χ1n) is 10.3. The average molecular weight is 471 g/mol. The fourth-order valence-electron chi connectivity index (χ4n) is 3.67. The molecule has 0 saturated carbocycles. The third-order valence-electron chi connectivity index (χ3n) is 5.67. The van der Waals surface area contributed by atoms with Crippen LogP contribution in [0.4, 0.5) is 5.69 Å². The monoisotopic (exact) mass is 470 g/mol. The first kappa shape index (κ1) is 22.7. The van der Waals surface area contributed by atoms with Crippen LogP contribution in [0, 0.1) is 0 Å². The van der Waals surface area contributed by atoms with Crippen molar-refractivity contribution in [3.8, 4) is 5.75 Å². The van der Waals surface area contributed by atoms with Crippen LogP contribution in [-0.4, -0.2) is 72.7 Å².